The maximum Gasteiger partial charge on any atom is 0.412 e. The number of amides is 1. The van der Waals surface area contributed by atoms with E-state index in [0.29, 0.717) is 23.5 Å². The number of nitrogens with one attached hydrogen (secondary N) is 1. The minimum absolute atomic E-state index is 0.376. The van der Waals surface area contributed by atoms with Gasteiger partial charge in [0.25, 0.3) is 0 Å². The highest BCUT2D eigenvalue weighted by atomic mass is 32.1. The number of carbonyl (C=O) groups is 2. The summed E-state index contributed by atoms with van der Waals surface area (Å²) in [5, 5.41) is 22.3. The van der Waals surface area contributed by atoms with Gasteiger partial charge in [-0.2, -0.15) is 4.37 Å². The minimum Gasteiger partial charge on any atom is -0.481 e. The molecule has 1 amide bonds. The number of aromatic nitrogens is 3. The summed E-state index contributed by atoms with van der Waals surface area (Å²) in [5.41, 5.74) is 3.54. The molecule has 0 aliphatic heterocycles. The monoisotopic (exact) mass is 644 g/mol. The van der Waals surface area contributed by atoms with Crippen LogP contribution in [0.4, 0.5) is 10.5 Å². The fourth-order valence-electron chi connectivity index (χ4n) is 4.81. The van der Waals surface area contributed by atoms with Gasteiger partial charge in [0.2, 0.25) is 0 Å². The molecule has 1 fully saturated rings. The molecule has 1 saturated carbocycles. The van der Waals surface area contributed by atoms with Gasteiger partial charge in [-0.25, -0.2) is 4.79 Å². The van der Waals surface area contributed by atoms with E-state index in [4.69, 9.17) is 4.74 Å². The molecular weight excluding hydrogens is 621 g/mol. The lowest BCUT2D eigenvalue weighted by atomic mass is 10.1. The number of carbonyl (C=O) groups excluding carboxylic acids is 1. The topological polar surface area (TPSA) is 114 Å². The Morgan fingerprint density at radius 1 is 0.930 bits per heavy atom. The Morgan fingerprint density at radius 2 is 1.60 bits per heavy atom. The quantitative estimate of drug-likeness (QED) is 0.170. The summed E-state index contributed by atoms with van der Waals surface area (Å²) >= 11 is 6.11. The predicted octanol–water partition coefficient (Wildman–Crippen LogP) is 9.01. The number of aryl methyl sites for hydroxylation is 1. The molecule has 1 aliphatic rings. The fourth-order valence-corrected chi connectivity index (χ4v) is 9.24. The maximum absolute atomic E-state index is 12.8. The standard InChI is InChI=1S/C31H24N4O4S4/c1-16-25(32-30(38)39-17(2)18-6-4-3-5-7-18)26(43-35-16)24-15-23-22(41-24)14-21(40-23)19-8-10-20(11-9-19)27-33-34-28(42-27)31(12-13-31)29(36)37/h3-11,14-15,17H,12-13H2,1-2H3,(H,32,38)(H,36,37)/t17-/m1/s1. The number of fused-ring (bicyclic) bond motifs is 1. The van der Waals surface area contributed by atoms with E-state index in [1.807, 2.05) is 56.3 Å². The van der Waals surface area contributed by atoms with Crippen LogP contribution in [-0.2, 0) is 14.9 Å². The van der Waals surface area contributed by atoms with E-state index in [1.54, 1.807) is 22.7 Å². The van der Waals surface area contributed by atoms with Gasteiger partial charge in [0, 0.05) is 19.8 Å². The smallest absolute Gasteiger partial charge is 0.412 e. The summed E-state index contributed by atoms with van der Waals surface area (Å²) < 4.78 is 12.5. The fraction of sp³-hybridized carbons (Fsp3) is 0.194. The Bertz CT molecular complexity index is 1940. The molecule has 6 aromatic rings. The third-order valence-corrected chi connectivity index (χ3v) is 12.1. The number of nitrogens with zero attached hydrogens (tertiary/aromatic N) is 3. The van der Waals surface area contributed by atoms with Crippen LogP contribution in [0.1, 0.15) is 42.1 Å². The van der Waals surface area contributed by atoms with E-state index in [2.05, 4.69) is 44.2 Å². The van der Waals surface area contributed by atoms with Crippen molar-refractivity contribution in [3.63, 3.8) is 0 Å². The van der Waals surface area contributed by atoms with E-state index < -0.39 is 17.5 Å². The van der Waals surface area contributed by atoms with Crippen molar-refractivity contribution >= 4 is 72.7 Å². The van der Waals surface area contributed by atoms with E-state index in [9.17, 15) is 14.7 Å². The summed E-state index contributed by atoms with van der Waals surface area (Å²) in [5.74, 6) is -0.819. The second kappa shape index (κ2) is 10.9. The second-order valence-corrected chi connectivity index (χ2v) is 14.3. The molecule has 216 valence electrons. The number of aliphatic carboxylic acids is 1. The Balaban J connectivity index is 1.07. The molecule has 1 atom stereocenters. The molecule has 0 spiro atoms. The van der Waals surface area contributed by atoms with E-state index >= 15 is 0 Å². The third kappa shape index (κ3) is 5.24. The molecule has 2 aromatic carbocycles. The largest absolute Gasteiger partial charge is 0.481 e. The molecule has 2 N–H and O–H groups in total. The summed E-state index contributed by atoms with van der Waals surface area (Å²) in [4.78, 5) is 27.5. The van der Waals surface area contributed by atoms with Crippen LogP contribution in [0.5, 0.6) is 0 Å². The van der Waals surface area contributed by atoms with Crippen molar-refractivity contribution in [2.24, 2.45) is 0 Å². The SMILES string of the molecule is Cc1nsc(-c2cc3sc(-c4ccc(-c5nnc(C6(C(=O)O)CC6)s5)cc4)cc3s2)c1NC(=O)O[C@H](C)c1ccccc1. The third-order valence-electron chi connectivity index (χ3n) is 7.48. The lowest BCUT2D eigenvalue weighted by Crippen LogP contribution is -2.19. The first-order valence-electron chi connectivity index (χ1n) is 13.5. The van der Waals surface area contributed by atoms with E-state index in [-0.39, 0.29) is 6.10 Å². The number of benzene rings is 2. The zero-order valence-electron chi connectivity index (χ0n) is 23.0. The van der Waals surface area contributed by atoms with E-state index in [1.165, 1.54) is 22.9 Å². The van der Waals surface area contributed by atoms with Gasteiger partial charge in [0.1, 0.15) is 21.5 Å². The Hall–Kier alpha value is -3.97. The van der Waals surface area contributed by atoms with Gasteiger partial charge in [-0.05, 0) is 61.5 Å². The molecule has 7 rings (SSSR count). The van der Waals surface area contributed by atoms with Crippen molar-refractivity contribution in [1.29, 1.82) is 0 Å². The first-order valence-corrected chi connectivity index (χ1v) is 16.7. The lowest BCUT2D eigenvalue weighted by Gasteiger charge is -2.14. The van der Waals surface area contributed by atoms with Gasteiger partial charge in [-0.15, -0.1) is 32.9 Å². The molecule has 1 aliphatic carbocycles. The summed E-state index contributed by atoms with van der Waals surface area (Å²) in [6, 6.07) is 22.1. The van der Waals surface area contributed by atoms with Crippen molar-refractivity contribution in [2.75, 3.05) is 5.32 Å². The number of thiophene rings is 2. The Morgan fingerprint density at radius 3 is 2.30 bits per heavy atom. The molecule has 0 bridgehead atoms. The highest BCUT2D eigenvalue weighted by Crippen LogP contribution is 2.50. The highest BCUT2D eigenvalue weighted by molar-refractivity contribution is 7.32. The number of anilines is 1. The normalized spacial score (nSPS) is 14.5. The molecule has 43 heavy (non-hydrogen) atoms. The molecule has 0 unspecified atom stereocenters. The number of carboxylic acid groups (broad SMARTS) is 1. The van der Waals surface area contributed by atoms with Crippen LogP contribution >= 0.6 is 45.5 Å². The van der Waals surface area contributed by atoms with E-state index in [0.717, 1.165) is 51.4 Å². The van der Waals surface area contributed by atoms with Crippen molar-refractivity contribution < 1.29 is 19.4 Å². The maximum atomic E-state index is 12.8. The second-order valence-electron chi connectivity index (χ2n) is 10.4. The first-order chi connectivity index (χ1) is 20.8. The average molecular weight is 645 g/mol. The molecule has 4 heterocycles. The van der Waals surface area contributed by atoms with Crippen molar-refractivity contribution in [3.8, 4) is 30.8 Å². The molecule has 4 aromatic heterocycles. The highest BCUT2D eigenvalue weighted by Gasteiger charge is 2.54. The van der Waals surface area contributed by atoms with Gasteiger partial charge in [-0.3, -0.25) is 10.1 Å². The van der Waals surface area contributed by atoms with Crippen LogP contribution in [0.3, 0.4) is 0 Å². The number of hydrogen-bond acceptors (Lipinski definition) is 10. The molecule has 12 heteroatoms. The van der Waals surface area contributed by atoms with Crippen LogP contribution < -0.4 is 5.32 Å². The molecule has 8 nitrogen and oxygen atoms in total. The Labute approximate surface area is 262 Å². The van der Waals surface area contributed by atoms with Crippen LogP contribution in [0.2, 0.25) is 0 Å². The van der Waals surface area contributed by atoms with Crippen LogP contribution in [0.25, 0.3) is 40.2 Å². The van der Waals surface area contributed by atoms with Crippen LogP contribution in [-0.4, -0.2) is 31.7 Å². The number of hydrogen-bond donors (Lipinski definition) is 2. The average Bonchev–Trinajstić information content (AvgIpc) is 3.30. The lowest BCUT2D eigenvalue weighted by molar-refractivity contribution is -0.140. The molecule has 0 saturated heterocycles. The predicted molar refractivity (Wildman–Crippen MR) is 173 cm³/mol. The van der Waals surface area contributed by atoms with Gasteiger partial charge in [-0.1, -0.05) is 65.9 Å². The van der Waals surface area contributed by atoms with Gasteiger partial charge >= 0.3 is 12.1 Å². The zero-order chi connectivity index (χ0) is 29.7. The number of rotatable bonds is 8. The molecular formula is C31H24N4O4S4. The van der Waals surface area contributed by atoms with Crippen LogP contribution in [0, 0.1) is 6.92 Å². The van der Waals surface area contributed by atoms with Crippen molar-refractivity contribution in [3.05, 3.63) is 83.0 Å². The van der Waals surface area contributed by atoms with Gasteiger partial charge < -0.3 is 9.84 Å². The Kier molecular flexibility index (Phi) is 7.08. The van der Waals surface area contributed by atoms with Crippen LogP contribution in [0.15, 0.2) is 66.7 Å². The first kappa shape index (κ1) is 27.8. The number of carboxylic acids is 1. The molecule has 0 radical (unpaired) electrons. The summed E-state index contributed by atoms with van der Waals surface area (Å²) in [6.07, 6.45) is 0.352. The summed E-state index contributed by atoms with van der Waals surface area (Å²) in [7, 11) is 0. The van der Waals surface area contributed by atoms with Gasteiger partial charge in [0.05, 0.1) is 21.1 Å². The minimum atomic E-state index is -0.837. The van der Waals surface area contributed by atoms with Crippen molar-refractivity contribution in [1.82, 2.24) is 14.6 Å². The summed E-state index contributed by atoms with van der Waals surface area (Å²) in [6.45, 7) is 3.73. The van der Waals surface area contributed by atoms with Crippen molar-refractivity contribution in [2.45, 2.75) is 38.2 Å². The zero-order valence-corrected chi connectivity index (χ0v) is 26.3. The van der Waals surface area contributed by atoms with Gasteiger partial charge in [0.15, 0.2) is 0 Å². The number of ether oxygens (including phenoxy) is 1.